The highest BCUT2D eigenvalue weighted by Crippen LogP contribution is 2.32. The molecule has 2 aromatic carbocycles. The summed E-state index contributed by atoms with van der Waals surface area (Å²) in [5.41, 5.74) is 4.56. The zero-order valence-electron chi connectivity index (χ0n) is 15.8. The number of fused-ring (bicyclic) bond motifs is 1. The Morgan fingerprint density at radius 3 is 2.58 bits per heavy atom. The summed E-state index contributed by atoms with van der Waals surface area (Å²) in [5.74, 6) is 0.441. The summed E-state index contributed by atoms with van der Waals surface area (Å²) in [5, 5.41) is 0. The van der Waals surface area contributed by atoms with Crippen LogP contribution >= 0.6 is 0 Å². The van der Waals surface area contributed by atoms with Gasteiger partial charge in [0.25, 0.3) is 11.7 Å². The van der Waals surface area contributed by atoms with E-state index < -0.39 is 11.7 Å². The minimum absolute atomic E-state index is 0.387. The quantitative estimate of drug-likeness (QED) is 0.571. The zero-order chi connectivity index (χ0) is 18.8. The molecule has 0 fully saturated rings. The molecule has 0 saturated heterocycles. The van der Waals surface area contributed by atoms with E-state index in [0.717, 1.165) is 22.6 Å². The van der Waals surface area contributed by atoms with Crippen LogP contribution in [0.25, 0.3) is 0 Å². The van der Waals surface area contributed by atoms with Crippen LogP contribution in [0.5, 0.6) is 5.75 Å². The Morgan fingerprint density at radius 2 is 1.85 bits per heavy atom. The van der Waals surface area contributed by atoms with E-state index in [9.17, 15) is 9.59 Å². The van der Waals surface area contributed by atoms with E-state index in [1.165, 1.54) is 5.56 Å². The molecule has 0 radical (unpaired) electrons. The standard InChI is InChI=1S/C22H25NO3/c1-14(2)17-10-9-15(3)13-19(17)26-12-6-11-23-20-16(4)7-5-8-18(20)21(24)22(23)25/h5,7-10,13-14H,6,11-12H2,1-4H3. The maximum Gasteiger partial charge on any atom is 0.299 e. The lowest BCUT2D eigenvalue weighted by Gasteiger charge is -2.19. The number of nitrogens with zero attached hydrogens (tertiary/aromatic N) is 1. The minimum atomic E-state index is -0.437. The van der Waals surface area contributed by atoms with Crippen LogP contribution < -0.4 is 9.64 Å². The smallest absolute Gasteiger partial charge is 0.299 e. The molecule has 1 heterocycles. The van der Waals surface area contributed by atoms with Crippen molar-refractivity contribution in [3.8, 4) is 5.75 Å². The molecule has 0 N–H and O–H groups in total. The van der Waals surface area contributed by atoms with Crippen molar-refractivity contribution in [2.75, 3.05) is 18.1 Å². The average molecular weight is 351 g/mol. The average Bonchev–Trinajstić information content (AvgIpc) is 2.84. The molecular weight excluding hydrogens is 326 g/mol. The number of aryl methyl sites for hydroxylation is 2. The van der Waals surface area contributed by atoms with Crippen LogP contribution in [0.4, 0.5) is 5.69 Å². The highest BCUT2D eigenvalue weighted by molar-refractivity contribution is 6.52. The lowest BCUT2D eigenvalue weighted by molar-refractivity contribution is -0.114. The van der Waals surface area contributed by atoms with Gasteiger partial charge in [0.1, 0.15) is 5.75 Å². The fourth-order valence-corrected chi connectivity index (χ4v) is 3.40. The summed E-state index contributed by atoms with van der Waals surface area (Å²) in [6, 6.07) is 11.7. The molecule has 0 bridgehead atoms. The fourth-order valence-electron chi connectivity index (χ4n) is 3.40. The molecule has 26 heavy (non-hydrogen) atoms. The number of benzene rings is 2. The van der Waals surface area contributed by atoms with Crippen LogP contribution in [0.1, 0.15) is 53.2 Å². The number of anilines is 1. The Balaban J connectivity index is 1.66. The van der Waals surface area contributed by atoms with Crippen LogP contribution in [0.15, 0.2) is 36.4 Å². The molecule has 3 rings (SSSR count). The third-order valence-electron chi connectivity index (χ3n) is 4.77. The summed E-state index contributed by atoms with van der Waals surface area (Å²) in [7, 11) is 0. The first-order valence-corrected chi connectivity index (χ1v) is 9.09. The van der Waals surface area contributed by atoms with Gasteiger partial charge < -0.3 is 9.64 Å². The molecule has 0 unspecified atom stereocenters. The molecule has 4 heteroatoms. The number of amides is 1. The Kier molecular flexibility index (Phi) is 5.12. The molecule has 0 saturated carbocycles. The maximum atomic E-state index is 12.3. The second-order valence-corrected chi connectivity index (χ2v) is 7.15. The molecule has 0 aliphatic carbocycles. The monoisotopic (exact) mass is 351 g/mol. The van der Waals surface area contributed by atoms with E-state index in [-0.39, 0.29) is 0 Å². The van der Waals surface area contributed by atoms with Gasteiger partial charge >= 0.3 is 0 Å². The number of Topliss-reactive ketones (excluding diaryl/α,β-unsaturated/α-hetero) is 1. The van der Waals surface area contributed by atoms with Gasteiger partial charge in [0.05, 0.1) is 17.9 Å². The van der Waals surface area contributed by atoms with Gasteiger partial charge in [-0.25, -0.2) is 0 Å². The van der Waals surface area contributed by atoms with Crippen molar-refractivity contribution in [1.29, 1.82) is 0 Å². The van der Waals surface area contributed by atoms with Crippen LogP contribution in [0, 0.1) is 13.8 Å². The molecule has 1 aliphatic rings. The lowest BCUT2D eigenvalue weighted by Crippen LogP contribution is -2.31. The molecule has 4 nitrogen and oxygen atoms in total. The largest absolute Gasteiger partial charge is 0.493 e. The van der Waals surface area contributed by atoms with Crippen LogP contribution in [0.2, 0.25) is 0 Å². The number of ketones is 1. The van der Waals surface area contributed by atoms with Crippen LogP contribution in [-0.2, 0) is 4.79 Å². The summed E-state index contributed by atoms with van der Waals surface area (Å²) in [4.78, 5) is 26.0. The van der Waals surface area contributed by atoms with E-state index in [4.69, 9.17) is 4.74 Å². The number of rotatable bonds is 6. The predicted octanol–water partition coefficient (Wildman–Crippen LogP) is 4.43. The van der Waals surface area contributed by atoms with Gasteiger partial charge in [-0.2, -0.15) is 0 Å². The van der Waals surface area contributed by atoms with Crippen molar-refractivity contribution >= 4 is 17.4 Å². The molecular formula is C22H25NO3. The zero-order valence-corrected chi connectivity index (χ0v) is 15.8. The van der Waals surface area contributed by atoms with Crippen molar-refractivity contribution in [2.24, 2.45) is 0 Å². The summed E-state index contributed by atoms with van der Waals surface area (Å²) >= 11 is 0. The third kappa shape index (κ3) is 3.36. The van der Waals surface area contributed by atoms with Gasteiger partial charge in [-0.15, -0.1) is 0 Å². The SMILES string of the molecule is Cc1ccc(C(C)C)c(OCCCN2C(=O)C(=O)c3cccc(C)c32)c1. The van der Waals surface area contributed by atoms with E-state index >= 15 is 0 Å². The third-order valence-corrected chi connectivity index (χ3v) is 4.77. The van der Waals surface area contributed by atoms with Crippen molar-refractivity contribution < 1.29 is 14.3 Å². The first kappa shape index (κ1) is 18.2. The van der Waals surface area contributed by atoms with Crippen molar-refractivity contribution in [3.63, 3.8) is 0 Å². The Labute approximate surface area is 154 Å². The van der Waals surface area contributed by atoms with Crippen molar-refractivity contribution in [1.82, 2.24) is 0 Å². The van der Waals surface area contributed by atoms with Gasteiger partial charge in [0, 0.05) is 6.54 Å². The molecule has 0 spiro atoms. The molecule has 1 aliphatic heterocycles. The molecule has 1 amide bonds. The van der Waals surface area contributed by atoms with Crippen molar-refractivity contribution in [3.05, 3.63) is 58.7 Å². The van der Waals surface area contributed by atoms with Crippen LogP contribution in [-0.4, -0.2) is 24.8 Å². The number of para-hydroxylation sites is 1. The summed E-state index contributed by atoms with van der Waals surface area (Å²) < 4.78 is 6.00. The minimum Gasteiger partial charge on any atom is -0.493 e. The molecule has 0 atom stereocenters. The van der Waals surface area contributed by atoms with Gasteiger partial charge in [-0.3, -0.25) is 9.59 Å². The van der Waals surface area contributed by atoms with Gasteiger partial charge in [0.15, 0.2) is 0 Å². The summed E-state index contributed by atoms with van der Waals surface area (Å²) in [6.45, 7) is 9.24. The van der Waals surface area contributed by atoms with Crippen molar-refractivity contribution in [2.45, 2.75) is 40.0 Å². The van der Waals surface area contributed by atoms with E-state index in [2.05, 4.69) is 32.0 Å². The van der Waals surface area contributed by atoms with E-state index in [0.29, 0.717) is 31.1 Å². The number of ether oxygens (including phenoxy) is 1. The first-order valence-electron chi connectivity index (χ1n) is 9.09. The molecule has 136 valence electrons. The number of carbonyl (C=O) groups excluding carboxylic acids is 2. The predicted molar refractivity (Wildman–Crippen MR) is 103 cm³/mol. The second kappa shape index (κ2) is 7.32. The Hall–Kier alpha value is -2.62. The number of hydrogen-bond donors (Lipinski definition) is 0. The lowest BCUT2D eigenvalue weighted by atomic mass is 10.0. The Morgan fingerprint density at radius 1 is 1.08 bits per heavy atom. The highest BCUT2D eigenvalue weighted by Gasteiger charge is 2.36. The van der Waals surface area contributed by atoms with E-state index in [1.54, 1.807) is 11.0 Å². The Bertz CT molecular complexity index is 854. The van der Waals surface area contributed by atoms with Gasteiger partial charge in [-0.1, -0.05) is 38.1 Å². The maximum absolute atomic E-state index is 12.3. The van der Waals surface area contributed by atoms with Crippen LogP contribution in [0.3, 0.4) is 0 Å². The summed E-state index contributed by atoms with van der Waals surface area (Å²) in [6.07, 6.45) is 0.665. The number of carbonyl (C=O) groups is 2. The first-order chi connectivity index (χ1) is 12.4. The number of hydrogen-bond acceptors (Lipinski definition) is 3. The topological polar surface area (TPSA) is 46.6 Å². The molecule has 0 aromatic heterocycles. The highest BCUT2D eigenvalue weighted by atomic mass is 16.5. The van der Waals surface area contributed by atoms with E-state index in [1.807, 2.05) is 26.0 Å². The molecule has 2 aromatic rings. The second-order valence-electron chi connectivity index (χ2n) is 7.15. The normalized spacial score (nSPS) is 13.5. The van der Waals surface area contributed by atoms with Gasteiger partial charge in [-0.05, 0) is 55.0 Å². The fraction of sp³-hybridized carbons (Fsp3) is 0.364. The van der Waals surface area contributed by atoms with Gasteiger partial charge in [0.2, 0.25) is 0 Å².